The van der Waals surface area contributed by atoms with Crippen LogP contribution in [-0.4, -0.2) is 34.4 Å². The molecule has 2 saturated carbocycles. The minimum absolute atomic E-state index is 0.214. The summed E-state index contributed by atoms with van der Waals surface area (Å²) in [6.07, 6.45) is 9.15. The summed E-state index contributed by atoms with van der Waals surface area (Å²) in [4.78, 5) is 8.14. The number of nitrogen functional groups attached to an aromatic ring is 1. The Balaban J connectivity index is 1.70. The number of hydrogen-bond acceptors (Lipinski definition) is 6. The Morgan fingerprint density at radius 3 is 2.57 bits per heavy atom. The number of anilines is 1. The Morgan fingerprint density at radius 2 is 1.87 bits per heavy atom. The van der Waals surface area contributed by atoms with Crippen molar-refractivity contribution in [3.8, 4) is 23.3 Å². The summed E-state index contributed by atoms with van der Waals surface area (Å²) in [6, 6.07) is 7.88. The summed E-state index contributed by atoms with van der Waals surface area (Å²) in [6.45, 7) is 0. The third-order valence-corrected chi connectivity index (χ3v) is 6.22. The van der Waals surface area contributed by atoms with Crippen LogP contribution in [0.5, 0.6) is 11.5 Å². The van der Waals surface area contributed by atoms with Gasteiger partial charge in [0, 0.05) is 6.20 Å². The van der Waals surface area contributed by atoms with Crippen LogP contribution in [0, 0.1) is 11.8 Å². The standard InChI is InChI=1S/C24H29N3O3/c1-29-21-7-6-17(16-22(21)30-20-4-2-3-5-20)24(13-9-19(28)10-14-24)12-8-18-11-15-26-23(25)27-18/h6-7,11,15-16,19-20,28H,2-5,9-10,13-14H2,1H3,(H2,25,26,27). The Morgan fingerprint density at radius 1 is 1.10 bits per heavy atom. The summed E-state index contributed by atoms with van der Waals surface area (Å²) >= 11 is 0. The zero-order chi connectivity index (χ0) is 21.0. The van der Waals surface area contributed by atoms with Crippen molar-refractivity contribution in [1.29, 1.82) is 0 Å². The smallest absolute Gasteiger partial charge is 0.221 e. The van der Waals surface area contributed by atoms with Crippen molar-refractivity contribution in [2.45, 2.75) is 69.0 Å². The van der Waals surface area contributed by atoms with Gasteiger partial charge in [-0.05, 0) is 81.0 Å². The van der Waals surface area contributed by atoms with E-state index in [0.29, 0.717) is 18.5 Å². The first kappa shape index (κ1) is 20.5. The molecule has 2 aliphatic carbocycles. The second-order valence-corrected chi connectivity index (χ2v) is 8.25. The Hall–Kier alpha value is -2.78. The van der Waals surface area contributed by atoms with Gasteiger partial charge in [-0.3, -0.25) is 0 Å². The van der Waals surface area contributed by atoms with E-state index in [1.54, 1.807) is 19.4 Å². The summed E-state index contributed by atoms with van der Waals surface area (Å²) in [7, 11) is 1.67. The van der Waals surface area contributed by atoms with Gasteiger partial charge in [-0.25, -0.2) is 9.97 Å². The summed E-state index contributed by atoms with van der Waals surface area (Å²) in [5.74, 6) is 8.40. The Labute approximate surface area is 177 Å². The van der Waals surface area contributed by atoms with Crippen LogP contribution in [-0.2, 0) is 5.41 Å². The molecule has 30 heavy (non-hydrogen) atoms. The third-order valence-electron chi connectivity index (χ3n) is 6.22. The quantitative estimate of drug-likeness (QED) is 0.753. The SMILES string of the molecule is COc1ccc(C2(C#Cc3ccnc(N)n3)CCC(O)CC2)cc1OC1CCCC1. The molecule has 6 nitrogen and oxygen atoms in total. The van der Waals surface area contributed by atoms with Crippen LogP contribution in [0.4, 0.5) is 5.95 Å². The highest BCUT2D eigenvalue weighted by Crippen LogP contribution is 2.43. The lowest BCUT2D eigenvalue weighted by atomic mass is 9.69. The Kier molecular flexibility index (Phi) is 6.10. The fourth-order valence-corrected chi connectivity index (χ4v) is 4.46. The molecule has 2 fully saturated rings. The highest BCUT2D eigenvalue weighted by atomic mass is 16.5. The first-order chi connectivity index (χ1) is 14.6. The molecule has 0 atom stereocenters. The van der Waals surface area contributed by atoms with Crippen molar-refractivity contribution in [2.75, 3.05) is 12.8 Å². The van der Waals surface area contributed by atoms with Crippen molar-refractivity contribution in [1.82, 2.24) is 9.97 Å². The van der Waals surface area contributed by atoms with Gasteiger partial charge >= 0.3 is 0 Å². The summed E-state index contributed by atoms with van der Waals surface area (Å²) in [5.41, 5.74) is 7.03. The number of hydrogen-bond donors (Lipinski definition) is 2. The second-order valence-electron chi connectivity index (χ2n) is 8.25. The molecule has 2 aliphatic rings. The van der Waals surface area contributed by atoms with Gasteiger partial charge in [0.1, 0.15) is 5.69 Å². The van der Waals surface area contributed by atoms with Crippen LogP contribution in [0.1, 0.15) is 62.6 Å². The van der Waals surface area contributed by atoms with Crippen LogP contribution < -0.4 is 15.2 Å². The highest BCUT2D eigenvalue weighted by molar-refractivity contribution is 5.49. The fraction of sp³-hybridized carbons (Fsp3) is 0.500. The van der Waals surface area contributed by atoms with E-state index in [9.17, 15) is 5.11 Å². The topological polar surface area (TPSA) is 90.5 Å². The molecule has 0 radical (unpaired) electrons. The summed E-state index contributed by atoms with van der Waals surface area (Å²) < 4.78 is 11.9. The van der Waals surface area contributed by atoms with Gasteiger partial charge in [-0.2, -0.15) is 0 Å². The van der Waals surface area contributed by atoms with Crippen molar-refractivity contribution in [3.63, 3.8) is 0 Å². The monoisotopic (exact) mass is 407 g/mol. The molecule has 0 bridgehead atoms. The van der Waals surface area contributed by atoms with E-state index in [0.717, 1.165) is 42.7 Å². The lowest BCUT2D eigenvalue weighted by molar-refractivity contribution is 0.110. The number of nitrogens with two attached hydrogens (primary N) is 1. The molecule has 6 heteroatoms. The van der Waals surface area contributed by atoms with E-state index in [-0.39, 0.29) is 23.6 Å². The Bertz CT molecular complexity index is 936. The van der Waals surface area contributed by atoms with E-state index in [1.165, 1.54) is 12.8 Å². The number of aromatic nitrogens is 2. The number of aliphatic hydroxyl groups excluding tert-OH is 1. The molecule has 0 saturated heterocycles. The maximum absolute atomic E-state index is 10.1. The van der Waals surface area contributed by atoms with Gasteiger partial charge in [-0.15, -0.1) is 0 Å². The highest BCUT2D eigenvalue weighted by Gasteiger charge is 2.36. The lowest BCUT2D eigenvalue weighted by Gasteiger charge is -2.35. The molecular weight excluding hydrogens is 378 g/mol. The van der Waals surface area contributed by atoms with E-state index in [2.05, 4.69) is 33.9 Å². The average molecular weight is 408 g/mol. The maximum Gasteiger partial charge on any atom is 0.221 e. The molecule has 3 N–H and O–H groups in total. The van der Waals surface area contributed by atoms with Gasteiger partial charge in [0.05, 0.1) is 24.7 Å². The van der Waals surface area contributed by atoms with Gasteiger partial charge < -0.3 is 20.3 Å². The van der Waals surface area contributed by atoms with Crippen LogP contribution in [0.3, 0.4) is 0 Å². The maximum atomic E-state index is 10.1. The molecule has 0 aliphatic heterocycles. The number of rotatable bonds is 4. The van der Waals surface area contributed by atoms with Gasteiger partial charge in [0.15, 0.2) is 11.5 Å². The van der Waals surface area contributed by atoms with Crippen LogP contribution in [0.15, 0.2) is 30.5 Å². The normalized spacial score (nSPS) is 24.1. The first-order valence-corrected chi connectivity index (χ1v) is 10.7. The van der Waals surface area contributed by atoms with E-state index >= 15 is 0 Å². The van der Waals surface area contributed by atoms with E-state index in [1.807, 2.05) is 6.07 Å². The second kappa shape index (κ2) is 8.93. The van der Waals surface area contributed by atoms with Crippen molar-refractivity contribution in [3.05, 3.63) is 41.7 Å². The molecule has 2 aromatic rings. The minimum atomic E-state index is -0.376. The van der Waals surface area contributed by atoms with E-state index < -0.39 is 0 Å². The van der Waals surface area contributed by atoms with Gasteiger partial charge in [0.25, 0.3) is 0 Å². The summed E-state index contributed by atoms with van der Waals surface area (Å²) in [5, 5.41) is 10.1. The zero-order valence-corrected chi connectivity index (χ0v) is 17.4. The molecule has 0 amide bonds. The molecule has 1 aromatic heterocycles. The predicted octanol–water partition coefficient (Wildman–Crippen LogP) is 3.61. The first-order valence-electron chi connectivity index (χ1n) is 10.7. The number of nitrogens with zero attached hydrogens (tertiary/aromatic N) is 2. The largest absolute Gasteiger partial charge is 0.493 e. The number of aliphatic hydroxyl groups is 1. The molecule has 0 spiro atoms. The van der Waals surface area contributed by atoms with Crippen LogP contribution in [0.25, 0.3) is 0 Å². The van der Waals surface area contributed by atoms with Gasteiger partial charge in [-0.1, -0.05) is 12.0 Å². The lowest BCUT2D eigenvalue weighted by Crippen LogP contribution is -2.32. The molecule has 0 unspecified atom stereocenters. The molecule has 158 valence electrons. The molecule has 1 heterocycles. The molecule has 4 rings (SSSR count). The van der Waals surface area contributed by atoms with Crippen molar-refractivity contribution in [2.24, 2.45) is 0 Å². The number of methoxy groups -OCH3 is 1. The van der Waals surface area contributed by atoms with Crippen LogP contribution in [0.2, 0.25) is 0 Å². The number of benzene rings is 1. The third kappa shape index (κ3) is 4.52. The van der Waals surface area contributed by atoms with Crippen LogP contribution >= 0.6 is 0 Å². The zero-order valence-electron chi connectivity index (χ0n) is 17.4. The van der Waals surface area contributed by atoms with E-state index in [4.69, 9.17) is 15.2 Å². The van der Waals surface area contributed by atoms with Gasteiger partial charge in [0.2, 0.25) is 5.95 Å². The van der Waals surface area contributed by atoms with Crippen molar-refractivity contribution >= 4 is 5.95 Å². The molecular formula is C24H29N3O3. The minimum Gasteiger partial charge on any atom is -0.493 e. The number of ether oxygens (including phenoxy) is 2. The fourth-order valence-electron chi connectivity index (χ4n) is 4.46. The predicted molar refractivity (Wildman–Crippen MR) is 115 cm³/mol. The molecule has 1 aromatic carbocycles. The average Bonchev–Trinajstić information content (AvgIpc) is 3.27. The van der Waals surface area contributed by atoms with Crippen molar-refractivity contribution < 1.29 is 14.6 Å².